The lowest BCUT2D eigenvalue weighted by Crippen LogP contribution is -2.48. The zero-order valence-corrected chi connectivity index (χ0v) is 10.5. The summed E-state index contributed by atoms with van der Waals surface area (Å²) in [6, 6.07) is 9.46. The second kappa shape index (κ2) is 4.66. The molecule has 3 atom stereocenters. The number of nitrogens with one attached hydrogen (secondary N) is 1. The van der Waals surface area contributed by atoms with E-state index in [1.165, 1.54) is 24.0 Å². The summed E-state index contributed by atoms with van der Waals surface area (Å²) in [4.78, 5) is 0. The van der Waals surface area contributed by atoms with Crippen LogP contribution < -0.4 is 5.32 Å². The number of hydrogen-bond donors (Lipinski definition) is 1. The second-order valence-corrected chi connectivity index (χ2v) is 5.47. The van der Waals surface area contributed by atoms with Gasteiger partial charge in [-0.2, -0.15) is 0 Å². The van der Waals surface area contributed by atoms with Crippen molar-refractivity contribution in [1.29, 1.82) is 0 Å². The van der Waals surface area contributed by atoms with Gasteiger partial charge in [0, 0.05) is 6.04 Å². The number of rotatable bonds is 4. The fourth-order valence-corrected chi connectivity index (χ4v) is 3.23. The topological polar surface area (TPSA) is 12.0 Å². The molecule has 1 aromatic carbocycles. The highest BCUT2D eigenvalue weighted by Crippen LogP contribution is 2.42. The molecule has 17 heavy (non-hydrogen) atoms. The van der Waals surface area contributed by atoms with E-state index in [1.807, 2.05) is 0 Å². The van der Waals surface area contributed by atoms with Crippen molar-refractivity contribution in [1.82, 2.24) is 5.32 Å². The van der Waals surface area contributed by atoms with Crippen molar-refractivity contribution in [2.45, 2.75) is 32.2 Å². The molecule has 1 nitrogen and oxygen atoms in total. The molecule has 0 saturated heterocycles. The standard InChI is InChI=1S/C16H21N/c1-12-5-2-3-6-13(12)9-10-17-16-11-14-7-4-8-15(14)16/h2-6,8,14-17H,7,9-11H2,1H3. The Morgan fingerprint density at radius 2 is 2.18 bits per heavy atom. The molecule has 0 aromatic heterocycles. The van der Waals surface area contributed by atoms with Crippen LogP contribution in [0.5, 0.6) is 0 Å². The Morgan fingerprint density at radius 1 is 1.29 bits per heavy atom. The summed E-state index contributed by atoms with van der Waals surface area (Å²) in [5.74, 6) is 1.80. The second-order valence-electron chi connectivity index (χ2n) is 5.47. The molecule has 0 heterocycles. The van der Waals surface area contributed by atoms with Crippen LogP contribution in [0.2, 0.25) is 0 Å². The molecule has 2 aliphatic carbocycles. The maximum Gasteiger partial charge on any atom is 0.0136 e. The zero-order valence-electron chi connectivity index (χ0n) is 10.5. The molecule has 1 fully saturated rings. The minimum absolute atomic E-state index is 0.753. The highest BCUT2D eigenvalue weighted by molar-refractivity contribution is 5.25. The van der Waals surface area contributed by atoms with Gasteiger partial charge in [0.2, 0.25) is 0 Å². The van der Waals surface area contributed by atoms with Crippen LogP contribution in [0.4, 0.5) is 0 Å². The van der Waals surface area contributed by atoms with E-state index >= 15 is 0 Å². The van der Waals surface area contributed by atoms with Crippen LogP contribution in [0.3, 0.4) is 0 Å². The SMILES string of the molecule is Cc1ccccc1CCNC1CC2CC=CC21. The number of aryl methyl sites for hydroxylation is 1. The summed E-state index contributed by atoms with van der Waals surface area (Å²) in [7, 11) is 0. The first-order valence-electron chi connectivity index (χ1n) is 6.79. The van der Waals surface area contributed by atoms with Gasteiger partial charge in [-0.25, -0.2) is 0 Å². The monoisotopic (exact) mass is 227 g/mol. The van der Waals surface area contributed by atoms with E-state index in [-0.39, 0.29) is 0 Å². The smallest absolute Gasteiger partial charge is 0.0136 e. The predicted octanol–water partition coefficient (Wildman–Crippen LogP) is 3.09. The molecule has 1 heteroatoms. The normalized spacial score (nSPS) is 30.1. The van der Waals surface area contributed by atoms with Gasteiger partial charge >= 0.3 is 0 Å². The van der Waals surface area contributed by atoms with Gasteiger partial charge in [0.25, 0.3) is 0 Å². The van der Waals surface area contributed by atoms with Crippen molar-refractivity contribution >= 4 is 0 Å². The first kappa shape index (κ1) is 11.0. The van der Waals surface area contributed by atoms with E-state index in [2.05, 4.69) is 48.7 Å². The quantitative estimate of drug-likeness (QED) is 0.779. The Morgan fingerprint density at radius 3 is 3.00 bits per heavy atom. The molecule has 0 spiro atoms. The third-order valence-corrected chi connectivity index (χ3v) is 4.42. The molecule has 2 aliphatic rings. The molecule has 0 amide bonds. The molecule has 90 valence electrons. The van der Waals surface area contributed by atoms with Gasteiger partial charge in [-0.1, -0.05) is 36.4 Å². The van der Waals surface area contributed by atoms with E-state index in [9.17, 15) is 0 Å². The Kier molecular flexibility index (Phi) is 3.02. The van der Waals surface area contributed by atoms with Gasteiger partial charge < -0.3 is 5.32 Å². The van der Waals surface area contributed by atoms with Crippen LogP contribution in [-0.2, 0) is 6.42 Å². The van der Waals surface area contributed by atoms with Gasteiger partial charge in [0.05, 0.1) is 0 Å². The highest BCUT2D eigenvalue weighted by atomic mass is 14.9. The van der Waals surface area contributed by atoms with E-state index < -0.39 is 0 Å². The van der Waals surface area contributed by atoms with Crippen molar-refractivity contribution in [3.63, 3.8) is 0 Å². The Labute approximate surface area is 104 Å². The van der Waals surface area contributed by atoms with Crippen LogP contribution in [0.25, 0.3) is 0 Å². The minimum Gasteiger partial charge on any atom is -0.313 e. The summed E-state index contributed by atoms with van der Waals surface area (Å²) in [5.41, 5.74) is 2.90. The van der Waals surface area contributed by atoms with Crippen molar-refractivity contribution in [3.8, 4) is 0 Å². The summed E-state index contributed by atoms with van der Waals surface area (Å²) in [5, 5.41) is 3.71. The van der Waals surface area contributed by atoms with Gasteiger partial charge in [-0.3, -0.25) is 0 Å². The van der Waals surface area contributed by atoms with Crippen molar-refractivity contribution < 1.29 is 0 Å². The summed E-state index contributed by atoms with van der Waals surface area (Å²) in [6.45, 7) is 3.32. The number of allylic oxidation sites excluding steroid dienone is 1. The fourth-order valence-electron chi connectivity index (χ4n) is 3.23. The third-order valence-electron chi connectivity index (χ3n) is 4.42. The average molecular weight is 227 g/mol. The number of benzene rings is 1. The molecular weight excluding hydrogens is 206 g/mol. The van der Waals surface area contributed by atoms with E-state index in [0.717, 1.165) is 30.8 Å². The van der Waals surface area contributed by atoms with Gasteiger partial charge in [-0.15, -0.1) is 0 Å². The summed E-state index contributed by atoms with van der Waals surface area (Å²) < 4.78 is 0. The van der Waals surface area contributed by atoms with Gasteiger partial charge in [0.15, 0.2) is 0 Å². The Bertz CT molecular complexity index is 421. The average Bonchev–Trinajstić information content (AvgIpc) is 2.68. The lowest BCUT2D eigenvalue weighted by atomic mass is 9.71. The summed E-state index contributed by atoms with van der Waals surface area (Å²) in [6.07, 6.45) is 8.63. The minimum atomic E-state index is 0.753. The molecular formula is C16H21N. The maximum absolute atomic E-state index is 3.71. The number of fused-ring (bicyclic) bond motifs is 1. The van der Waals surface area contributed by atoms with Crippen molar-refractivity contribution in [3.05, 3.63) is 47.5 Å². The van der Waals surface area contributed by atoms with Crippen LogP contribution in [0.15, 0.2) is 36.4 Å². The molecule has 0 bridgehead atoms. The van der Waals surface area contributed by atoms with Gasteiger partial charge in [-0.05, 0) is 55.7 Å². The van der Waals surface area contributed by atoms with Crippen molar-refractivity contribution in [2.24, 2.45) is 11.8 Å². The van der Waals surface area contributed by atoms with Crippen LogP contribution in [0, 0.1) is 18.8 Å². The zero-order chi connectivity index (χ0) is 11.7. The summed E-state index contributed by atoms with van der Waals surface area (Å²) >= 11 is 0. The Balaban J connectivity index is 1.47. The first-order valence-corrected chi connectivity index (χ1v) is 6.79. The fraction of sp³-hybridized carbons (Fsp3) is 0.500. The largest absolute Gasteiger partial charge is 0.313 e. The van der Waals surface area contributed by atoms with E-state index in [0.29, 0.717) is 0 Å². The van der Waals surface area contributed by atoms with Crippen LogP contribution in [0.1, 0.15) is 24.0 Å². The van der Waals surface area contributed by atoms with Crippen molar-refractivity contribution in [2.75, 3.05) is 6.54 Å². The molecule has 3 unspecified atom stereocenters. The predicted molar refractivity (Wildman–Crippen MR) is 72.0 cm³/mol. The highest BCUT2D eigenvalue weighted by Gasteiger charge is 2.40. The third kappa shape index (κ3) is 2.16. The molecule has 1 aromatic rings. The van der Waals surface area contributed by atoms with Crippen LogP contribution >= 0.6 is 0 Å². The molecule has 0 aliphatic heterocycles. The lowest BCUT2D eigenvalue weighted by molar-refractivity contribution is 0.164. The maximum atomic E-state index is 3.71. The van der Waals surface area contributed by atoms with E-state index in [4.69, 9.17) is 0 Å². The lowest BCUT2D eigenvalue weighted by Gasteiger charge is -2.40. The number of hydrogen-bond acceptors (Lipinski definition) is 1. The first-order chi connectivity index (χ1) is 8.34. The molecule has 0 radical (unpaired) electrons. The van der Waals surface area contributed by atoms with Gasteiger partial charge in [0.1, 0.15) is 0 Å². The van der Waals surface area contributed by atoms with E-state index in [1.54, 1.807) is 0 Å². The van der Waals surface area contributed by atoms with Crippen LogP contribution in [-0.4, -0.2) is 12.6 Å². The molecule has 3 rings (SSSR count). The Hall–Kier alpha value is -1.08. The molecule has 1 N–H and O–H groups in total. The molecule has 1 saturated carbocycles.